The molecule has 0 aromatic heterocycles. The molecule has 0 fully saturated rings. The Labute approximate surface area is 193 Å². The summed E-state index contributed by atoms with van der Waals surface area (Å²) in [5, 5.41) is -0.886. The van der Waals surface area contributed by atoms with Gasteiger partial charge in [-0.1, -0.05) is 18.2 Å². The smallest absolute Gasteiger partial charge is 0.424 e. The second-order valence-electron chi connectivity index (χ2n) is 6.81. The standard InChI is InChI=1S/C17H13O13PS3/c1-28-30-31(18)29-12-6-13(32(19,20)21)9-4-5-11-15(34(25,26)27)7-14(33(22,23)24)10-3-2-8(12)16(9)17(10)11/h2-7,18H,1H3,(H,19,20,21)(H,22,23,24)(H,25,26,27). The van der Waals surface area contributed by atoms with Crippen LogP contribution in [0.3, 0.4) is 0 Å². The summed E-state index contributed by atoms with van der Waals surface area (Å²) in [6.07, 6.45) is 0. The van der Waals surface area contributed by atoms with Gasteiger partial charge in [-0.15, -0.1) is 4.67 Å². The molecule has 0 heterocycles. The molecule has 13 nitrogen and oxygen atoms in total. The molecule has 0 bridgehead atoms. The molecule has 0 saturated carbocycles. The maximum absolute atomic E-state index is 12.1. The lowest BCUT2D eigenvalue weighted by atomic mass is 9.94. The molecule has 0 aliphatic carbocycles. The van der Waals surface area contributed by atoms with E-state index in [9.17, 15) is 43.8 Å². The minimum Gasteiger partial charge on any atom is -0.425 e. The zero-order valence-corrected chi connectivity index (χ0v) is 19.9. The molecule has 4 aromatic rings. The molecule has 182 valence electrons. The quantitative estimate of drug-likeness (QED) is 0.0854. The van der Waals surface area contributed by atoms with E-state index in [0.717, 1.165) is 25.3 Å². The van der Waals surface area contributed by atoms with Crippen molar-refractivity contribution in [2.45, 2.75) is 14.7 Å². The summed E-state index contributed by atoms with van der Waals surface area (Å²) in [5.74, 6) is -0.356. The van der Waals surface area contributed by atoms with E-state index in [1.54, 1.807) is 0 Å². The third-order valence-corrected chi connectivity index (χ3v) is 8.21. The van der Waals surface area contributed by atoms with Crippen molar-refractivity contribution < 1.29 is 57.9 Å². The van der Waals surface area contributed by atoms with Crippen molar-refractivity contribution in [3.8, 4) is 5.75 Å². The highest BCUT2D eigenvalue weighted by atomic mass is 32.2. The Bertz CT molecular complexity index is 1730. The van der Waals surface area contributed by atoms with Crippen LogP contribution in [0.15, 0.2) is 51.1 Å². The van der Waals surface area contributed by atoms with E-state index in [1.165, 1.54) is 12.1 Å². The highest BCUT2D eigenvalue weighted by molar-refractivity contribution is 7.87. The normalized spacial score (nSPS) is 14.3. The lowest BCUT2D eigenvalue weighted by Crippen LogP contribution is -2.07. The van der Waals surface area contributed by atoms with Crippen molar-refractivity contribution in [2.75, 3.05) is 7.11 Å². The molecule has 0 radical (unpaired) electrons. The van der Waals surface area contributed by atoms with Crippen LogP contribution in [0.4, 0.5) is 0 Å². The van der Waals surface area contributed by atoms with Crippen LogP contribution in [-0.2, 0) is 39.9 Å². The number of rotatable bonds is 7. The average Bonchev–Trinajstić information content (AvgIpc) is 2.70. The summed E-state index contributed by atoms with van der Waals surface area (Å²) in [5.41, 5.74) is 0. The van der Waals surface area contributed by atoms with Gasteiger partial charge in [-0.2, -0.15) is 25.3 Å². The molecule has 4 aromatic carbocycles. The highest BCUT2D eigenvalue weighted by Gasteiger charge is 2.28. The van der Waals surface area contributed by atoms with E-state index in [0.29, 0.717) is 6.07 Å². The molecule has 0 amide bonds. The Balaban J connectivity index is 2.32. The van der Waals surface area contributed by atoms with Gasteiger partial charge in [0.1, 0.15) is 20.4 Å². The fourth-order valence-corrected chi connectivity index (χ4v) is 6.43. The van der Waals surface area contributed by atoms with E-state index in [4.69, 9.17) is 4.52 Å². The minimum absolute atomic E-state index is 0.0375. The molecular formula is C17H13O13PS3. The second kappa shape index (κ2) is 8.17. The van der Waals surface area contributed by atoms with E-state index in [1.807, 2.05) is 0 Å². The topological polar surface area (TPSA) is 211 Å². The van der Waals surface area contributed by atoms with Crippen molar-refractivity contribution in [3.05, 3.63) is 36.4 Å². The summed E-state index contributed by atoms with van der Waals surface area (Å²) >= 11 is 0. The molecule has 34 heavy (non-hydrogen) atoms. The zero-order valence-electron chi connectivity index (χ0n) is 16.6. The van der Waals surface area contributed by atoms with Gasteiger partial charge in [0.05, 0.1) is 7.11 Å². The first kappa shape index (κ1) is 24.9. The highest BCUT2D eigenvalue weighted by Crippen LogP contribution is 2.47. The van der Waals surface area contributed by atoms with Crippen LogP contribution < -0.4 is 4.52 Å². The van der Waals surface area contributed by atoms with Crippen LogP contribution in [0.5, 0.6) is 5.75 Å². The third kappa shape index (κ3) is 4.18. The zero-order chi connectivity index (χ0) is 25.2. The molecule has 1 unspecified atom stereocenters. The fraction of sp³-hybridized carbons (Fsp3) is 0.0588. The summed E-state index contributed by atoms with van der Waals surface area (Å²) < 4.78 is 111. The van der Waals surface area contributed by atoms with E-state index >= 15 is 0 Å². The Morgan fingerprint density at radius 1 is 0.676 bits per heavy atom. The maximum Gasteiger partial charge on any atom is 0.424 e. The first-order valence-electron chi connectivity index (χ1n) is 8.73. The van der Waals surface area contributed by atoms with Gasteiger partial charge in [0.25, 0.3) is 30.4 Å². The number of hydrogen-bond donors (Lipinski definition) is 4. The van der Waals surface area contributed by atoms with E-state index in [-0.39, 0.29) is 38.1 Å². The Morgan fingerprint density at radius 3 is 1.47 bits per heavy atom. The Morgan fingerprint density at radius 2 is 1.06 bits per heavy atom. The van der Waals surface area contributed by atoms with Crippen LogP contribution in [0.25, 0.3) is 32.3 Å². The van der Waals surface area contributed by atoms with Crippen molar-refractivity contribution in [3.63, 3.8) is 0 Å². The van der Waals surface area contributed by atoms with Crippen molar-refractivity contribution >= 4 is 71.3 Å². The fourth-order valence-electron chi connectivity index (χ4n) is 3.74. The van der Waals surface area contributed by atoms with Crippen molar-refractivity contribution in [1.82, 2.24) is 0 Å². The molecule has 4 rings (SSSR count). The second-order valence-corrected chi connectivity index (χ2v) is 11.8. The maximum atomic E-state index is 12.1. The average molecular weight is 552 g/mol. The molecule has 17 heteroatoms. The number of hydrogen-bond acceptors (Lipinski definition) is 10. The first-order chi connectivity index (χ1) is 15.6. The van der Waals surface area contributed by atoms with Gasteiger partial charge in [0, 0.05) is 38.4 Å². The summed E-state index contributed by atoms with van der Waals surface area (Å²) in [6.45, 7) is 0. The van der Waals surface area contributed by atoms with Gasteiger partial charge in [0.2, 0.25) is 0 Å². The number of benzene rings is 4. The van der Waals surface area contributed by atoms with Crippen molar-refractivity contribution in [2.24, 2.45) is 0 Å². The van der Waals surface area contributed by atoms with Crippen LogP contribution in [0.1, 0.15) is 0 Å². The summed E-state index contributed by atoms with van der Waals surface area (Å²) in [6, 6.07) is 6.10. The van der Waals surface area contributed by atoms with Crippen LogP contribution in [-0.4, -0.2) is 50.9 Å². The third-order valence-electron chi connectivity index (χ3n) is 4.90. The predicted molar refractivity (Wildman–Crippen MR) is 117 cm³/mol. The minimum atomic E-state index is -5.03. The Kier molecular flexibility index (Phi) is 5.97. The van der Waals surface area contributed by atoms with E-state index in [2.05, 4.69) is 9.56 Å². The summed E-state index contributed by atoms with van der Waals surface area (Å²) in [4.78, 5) is 11.7. The van der Waals surface area contributed by atoms with Gasteiger partial charge < -0.3 is 9.42 Å². The van der Waals surface area contributed by atoms with Gasteiger partial charge in [-0.25, -0.2) is 4.89 Å². The SMILES string of the molecule is COOP(O)Oc1cc(S(=O)(=O)O)c2ccc3c(S(=O)(=O)O)cc(S(=O)(=O)O)c4ccc1c2c43. The van der Waals surface area contributed by atoms with Crippen LogP contribution in [0.2, 0.25) is 0 Å². The lowest BCUT2D eigenvalue weighted by Gasteiger charge is -2.19. The first-order valence-corrected chi connectivity index (χ1v) is 14.2. The Hall–Kier alpha value is -2.24. The molecular weight excluding hydrogens is 539 g/mol. The predicted octanol–water partition coefficient (Wildman–Crippen LogP) is 2.50. The monoisotopic (exact) mass is 552 g/mol. The van der Waals surface area contributed by atoms with Crippen molar-refractivity contribution in [1.29, 1.82) is 0 Å². The summed E-state index contributed by atoms with van der Waals surface area (Å²) in [7, 11) is -16.7. The largest absolute Gasteiger partial charge is 0.425 e. The van der Waals surface area contributed by atoms with Gasteiger partial charge in [-0.05, 0) is 12.1 Å². The van der Waals surface area contributed by atoms with Gasteiger partial charge >= 0.3 is 8.60 Å². The molecule has 4 N–H and O–H groups in total. The lowest BCUT2D eigenvalue weighted by molar-refractivity contribution is -0.184. The van der Waals surface area contributed by atoms with E-state index < -0.39 is 53.6 Å². The van der Waals surface area contributed by atoms with Gasteiger partial charge in [-0.3, -0.25) is 13.7 Å². The molecule has 0 aliphatic heterocycles. The van der Waals surface area contributed by atoms with Crippen LogP contribution in [0, 0.1) is 0 Å². The van der Waals surface area contributed by atoms with Crippen LogP contribution >= 0.6 is 8.60 Å². The molecule has 0 spiro atoms. The molecule has 0 saturated heterocycles. The molecule has 0 aliphatic rings. The van der Waals surface area contributed by atoms with Gasteiger partial charge in [0.15, 0.2) is 0 Å². The molecule has 1 atom stereocenters.